The van der Waals surface area contributed by atoms with Gasteiger partial charge >= 0.3 is 0 Å². The molecule has 0 fully saturated rings. The Morgan fingerprint density at radius 1 is 0.900 bits per heavy atom. The van der Waals surface area contributed by atoms with Crippen molar-refractivity contribution in [1.29, 1.82) is 0 Å². The normalized spacial score (nSPS) is 10.4. The fourth-order valence-corrected chi connectivity index (χ4v) is 2.42. The van der Waals surface area contributed by atoms with Gasteiger partial charge in [-0.2, -0.15) is 0 Å². The molecule has 0 aliphatic carbocycles. The molecular weight excluding hydrogens is 242 g/mol. The number of unbranched alkanes of at least 4 members (excludes halogenated alkanes) is 3. The first-order valence-electron chi connectivity index (χ1n) is 7.65. The molecule has 0 aromatic heterocycles. The minimum absolute atomic E-state index is 0.983. The fourth-order valence-electron chi connectivity index (χ4n) is 2.42. The second kappa shape index (κ2) is 8.42. The SMILES string of the molecule is CCCCCCN(Cc1ccccc1)c1cc[c]cc1. The highest BCUT2D eigenvalue weighted by Gasteiger charge is 2.06. The van der Waals surface area contributed by atoms with E-state index in [-0.39, 0.29) is 0 Å². The monoisotopic (exact) mass is 266 g/mol. The van der Waals surface area contributed by atoms with E-state index in [1.54, 1.807) is 0 Å². The Kier molecular flexibility index (Phi) is 6.16. The molecule has 2 aromatic rings. The summed E-state index contributed by atoms with van der Waals surface area (Å²) in [7, 11) is 0. The summed E-state index contributed by atoms with van der Waals surface area (Å²) in [5.41, 5.74) is 2.67. The molecule has 2 aromatic carbocycles. The van der Waals surface area contributed by atoms with Gasteiger partial charge in [-0.05, 0) is 30.2 Å². The summed E-state index contributed by atoms with van der Waals surface area (Å²) in [5.74, 6) is 0. The summed E-state index contributed by atoms with van der Waals surface area (Å²) < 4.78 is 0. The Balaban J connectivity index is 2.00. The lowest BCUT2D eigenvalue weighted by Crippen LogP contribution is -2.23. The van der Waals surface area contributed by atoms with Gasteiger partial charge in [0.25, 0.3) is 0 Å². The maximum Gasteiger partial charge on any atom is 0.0429 e. The van der Waals surface area contributed by atoms with Gasteiger partial charge in [-0.25, -0.2) is 0 Å². The third kappa shape index (κ3) is 4.73. The Hall–Kier alpha value is -1.76. The summed E-state index contributed by atoms with van der Waals surface area (Å²) in [5, 5.41) is 0. The lowest BCUT2D eigenvalue weighted by molar-refractivity contribution is 0.642. The highest BCUT2D eigenvalue weighted by Crippen LogP contribution is 2.17. The lowest BCUT2D eigenvalue weighted by Gasteiger charge is -2.25. The molecule has 0 aliphatic heterocycles. The third-order valence-electron chi connectivity index (χ3n) is 3.56. The molecule has 0 atom stereocenters. The van der Waals surface area contributed by atoms with Gasteiger partial charge < -0.3 is 4.90 Å². The van der Waals surface area contributed by atoms with Crippen LogP contribution in [-0.2, 0) is 6.54 Å². The molecule has 0 amide bonds. The minimum Gasteiger partial charge on any atom is -0.367 e. The molecule has 1 heteroatoms. The van der Waals surface area contributed by atoms with Crippen LogP contribution in [0, 0.1) is 6.07 Å². The van der Waals surface area contributed by atoms with Crippen molar-refractivity contribution in [3.8, 4) is 0 Å². The molecule has 1 radical (unpaired) electrons. The minimum atomic E-state index is 0.983. The smallest absolute Gasteiger partial charge is 0.0429 e. The first kappa shape index (κ1) is 14.6. The summed E-state index contributed by atoms with van der Waals surface area (Å²) >= 11 is 0. The standard InChI is InChI=1S/C19H24N/c1-2-3-4-11-16-20(19-14-9-6-10-15-19)17-18-12-7-5-8-13-18/h5,7-10,12-15H,2-4,11,16-17H2,1H3. The van der Waals surface area contributed by atoms with Crippen LogP contribution in [0.4, 0.5) is 5.69 Å². The quantitative estimate of drug-likeness (QED) is 0.603. The van der Waals surface area contributed by atoms with E-state index < -0.39 is 0 Å². The van der Waals surface area contributed by atoms with E-state index in [0.717, 1.165) is 13.1 Å². The Morgan fingerprint density at radius 3 is 2.35 bits per heavy atom. The van der Waals surface area contributed by atoms with Crippen LogP contribution >= 0.6 is 0 Å². The molecular formula is C19H24N. The molecule has 0 heterocycles. The zero-order valence-corrected chi connectivity index (χ0v) is 12.4. The van der Waals surface area contributed by atoms with Crippen molar-refractivity contribution in [2.75, 3.05) is 11.4 Å². The zero-order valence-electron chi connectivity index (χ0n) is 12.4. The van der Waals surface area contributed by atoms with Gasteiger partial charge in [-0.1, -0.05) is 68.7 Å². The Labute approximate surface area is 123 Å². The summed E-state index contributed by atoms with van der Waals surface area (Å²) in [6, 6.07) is 22.1. The van der Waals surface area contributed by atoms with Crippen molar-refractivity contribution in [3.05, 3.63) is 66.2 Å². The van der Waals surface area contributed by atoms with Crippen LogP contribution in [0.25, 0.3) is 0 Å². The second-order valence-electron chi connectivity index (χ2n) is 5.23. The van der Waals surface area contributed by atoms with Crippen molar-refractivity contribution in [2.24, 2.45) is 0 Å². The van der Waals surface area contributed by atoms with Crippen LogP contribution < -0.4 is 4.90 Å². The fraction of sp³-hybridized carbons (Fsp3) is 0.368. The van der Waals surface area contributed by atoms with Crippen molar-refractivity contribution in [2.45, 2.75) is 39.2 Å². The van der Waals surface area contributed by atoms with Gasteiger partial charge in [0.05, 0.1) is 0 Å². The highest BCUT2D eigenvalue weighted by atomic mass is 15.1. The van der Waals surface area contributed by atoms with Crippen LogP contribution in [0.1, 0.15) is 38.2 Å². The molecule has 0 N–H and O–H groups in total. The van der Waals surface area contributed by atoms with E-state index in [9.17, 15) is 0 Å². The number of benzene rings is 2. The molecule has 0 bridgehead atoms. The molecule has 105 valence electrons. The first-order valence-corrected chi connectivity index (χ1v) is 7.65. The average Bonchev–Trinajstić information content (AvgIpc) is 2.52. The molecule has 1 nitrogen and oxygen atoms in total. The van der Waals surface area contributed by atoms with Gasteiger partial charge in [0.2, 0.25) is 0 Å². The maximum atomic E-state index is 3.10. The van der Waals surface area contributed by atoms with Crippen LogP contribution in [0.2, 0.25) is 0 Å². The van der Waals surface area contributed by atoms with Crippen LogP contribution in [0.15, 0.2) is 54.6 Å². The number of rotatable bonds is 8. The highest BCUT2D eigenvalue weighted by molar-refractivity contribution is 5.46. The molecule has 0 unspecified atom stereocenters. The second-order valence-corrected chi connectivity index (χ2v) is 5.23. The van der Waals surface area contributed by atoms with E-state index in [0.29, 0.717) is 0 Å². The topological polar surface area (TPSA) is 3.24 Å². The van der Waals surface area contributed by atoms with Gasteiger partial charge in [-0.15, -0.1) is 0 Å². The van der Waals surface area contributed by atoms with Crippen LogP contribution in [-0.4, -0.2) is 6.54 Å². The molecule has 0 saturated heterocycles. The molecule has 0 saturated carbocycles. The predicted octanol–water partition coefficient (Wildman–Crippen LogP) is 5.07. The lowest BCUT2D eigenvalue weighted by atomic mass is 10.1. The third-order valence-corrected chi connectivity index (χ3v) is 3.56. The van der Waals surface area contributed by atoms with Crippen LogP contribution in [0.5, 0.6) is 0 Å². The Morgan fingerprint density at radius 2 is 1.65 bits per heavy atom. The van der Waals surface area contributed by atoms with Gasteiger partial charge in [0.15, 0.2) is 0 Å². The average molecular weight is 266 g/mol. The van der Waals surface area contributed by atoms with Crippen molar-refractivity contribution in [1.82, 2.24) is 0 Å². The van der Waals surface area contributed by atoms with E-state index in [4.69, 9.17) is 0 Å². The van der Waals surface area contributed by atoms with Crippen molar-refractivity contribution in [3.63, 3.8) is 0 Å². The van der Waals surface area contributed by atoms with Crippen LogP contribution in [0.3, 0.4) is 0 Å². The van der Waals surface area contributed by atoms with E-state index in [2.05, 4.69) is 60.4 Å². The van der Waals surface area contributed by atoms with Gasteiger partial charge in [0.1, 0.15) is 0 Å². The van der Waals surface area contributed by atoms with Crippen molar-refractivity contribution < 1.29 is 0 Å². The number of hydrogen-bond donors (Lipinski definition) is 0. The van der Waals surface area contributed by atoms with E-state index >= 15 is 0 Å². The number of nitrogens with zero attached hydrogens (tertiary/aromatic N) is 1. The number of hydrogen-bond acceptors (Lipinski definition) is 1. The van der Waals surface area contributed by atoms with E-state index in [1.165, 1.54) is 36.9 Å². The molecule has 0 spiro atoms. The predicted molar refractivity (Wildman–Crippen MR) is 86.9 cm³/mol. The molecule has 2 rings (SSSR count). The van der Waals surface area contributed by atoms with E-state index in [1.807, 2.05) is 12.1 Å². The zero-order chi connectivity index (χ0) is 14.0. The van der Waals surface area contributed by atoms with Crippen molar-refractivity contribution >= 4 is 5.69 Å². The molecule has 0 aliphatic rings. The van der Waals surface area contributed by atoms with Gasteiger partial charge in [0, 0.05) is 18.8 Å². The summed E-state index contributed by atoms with van der Waals surface area (Å²) in [6.07, 6.45) is 5.21. The summed E-state index contributed by atoms with van der Waals surface area (Å²) in [6.45, 7) is 4.37. The summed E-state index contributed by atoms with van der Waals surface area (Å²) in [4.78, 5) is 2.47. The Bertz CT molecular complexity index is 464. The largest absolute Gasteiger partial charge is 0.367 e. The maximum absolute atomic E-state index is 3.10. The number of anilines is 1. The molecule has 20 heavy (non-hydrogen) atoms. The van der Waals surface area contributed by atoms with Gasteiger partial charge in [-0.3, -0.25) is 0 Å². The first-order chi connectivity index (χ1) is 9.90.